The van der Waals surface area contributed by atoms with Crippen LogP contribution in [0.4, 0.5) is 5.82 Å². The second kappa shape index (κ2) is 6.46. The molecule has 0 atom stereocenters. The molecule has 4 N–H and O–H groups in total. The van der Waals surface area contributed by atoms with E-state index in [-0.39, 0.29) is 5.91 Å². The normalized spacial score (nSPS) is 11.1. The summed E-state index contributed by atoms with van der Waals surface area (Å²) in [6, 6.07) is 0. The van der Waals surface area contributed by atoms with Crippen LogP contribution in [0.15, 0.2) is 6.20 Å². The highest BCUT2D eigenvalue weighted by Crippen LogP contribution is 2.18. The van der Waals surface area contributed by atoms with Crippen molar-refractivity contribution in [2.45, 2.75) is 13.0 Å². The van der Waals surface area contributed by atoms with Crippen molar-refractivity contribution in [2.24, 2.45) is 12.9 Å². The van der Waals surface area contributed by atoms with Crippen molar-refractivity contribution in [3.63, 3.8) is 0 Å². The van der Waals surface area contributed by atoms with Gasteiger partial charge >= 0.3 is 0 Å². The number of aromatic nitrogens is 4. The first-order valence-corrected chi connectivity index (χ1v) is 6.59. The molecular weight excluding hydrogens is 272 g/mol. The summed E-state index contributed by atoms with van der Waals surface area (Å²) in [4.78, 5) is 22.1. The molecule has 0 saturated carbocycles. The SMILES string of the molecule is CNC(=O)CCN(C)Cc1nc(NN)c2cnn(C)c2n1. The summed E-state index contributed by atoms with van der Waals surface area (Å²) in [5.41, 5.74) is 3.28. The van der Waals surface area contributed by atoms with Crippen LogP contribution >= 0.6 is 0 Å². The number of amides is 1. The second-order valence-corrected chi connectivity index (χ2v) is 4.80. The quantitative estimate of drug-likeness (QED) is 0.472. The van der Waals surface area contributed by atoms with Gasteiger partial charge in [0.2, 0.25) is 5.91 Å². The van der Waals surface area contributed by atoms with Crippen LogP contribution in [0.2, 0.25) is 0 Å². The Morgan fingerprint density at radius 1 is 1.48 bits per heavy atom. The number of hydrazine groups is 1. The van der Waals surface area contributed by atoms with Gasteiger partial charge in [-0.05, 0) is 7.05 Å². The number of nitrogen functional groups attached to an aromatic ring is 1. The molecule has 2 heterocycles. The van der Waals surface area contributed by atoms with Gasteiger partial charge in [0, 0.05) is 27.1 Å². The average Bonchev–Trinajstić information content (AvgIpc) is 2.85. The van der Waals surface area contributed by atoms with Gasteiger partial charge in [0.25, 0.3) is 0 Å². The van der Waals surface area contributed by atoms with E-state index in [0.29, 0.717) is 36.8 Å². The molecule has 0 unspecified atom stereocenters. The predicted molar refractivity (Wildman–Crippen MR) is 79.1 cm³/mol. The Morgan fingerprint density at radius 2 is 2.24 bits per heavy atom. The zero-order valence-electron chi connectivity index (χ0n) is 12.4. The van der Waals surface area contributed by atoms with E-state index in [1.165, 1.54) is 0 Å². The fourth-order valence-corrected chi connectivity index (χ4v) is 1.99. The first-order chi connectivity index (χ1) is 10.0. The molecule has 114 valence electrons. The van der Waals surface area contributed by atoms with Gasteiger partial charge in [-0.3, -0.25) is 14.4 Å². The van der Waals surface area contributed by atoms with Crippen molar-refractivity contribution >= 4 is 22.8 Å². The molecule has 2 aromatic heterocycles. The number of nitrogens with one attached hydrogen (secondary N) is 2. The molecule has 9 heteroatoms. The minimum absolute atomic E-state index is 0.00849. The molecule has 2 aromatic rings. The van der Waals surface area contributed by atoms with Crippen LogP contribution < -0.4 is 16.6 Å². The molecule has 21 heavy (non-hydrogen) atoms. The number of nitrogens with two attached hydrogens (primary N) is 1. The summed E-state index contributed by atoms with van der Waals surface area (Å²) in [5.74, 6) is 6.67. The highest BCUT2D eigenvalue weighted by molar-refractivity contribution is 5.86. The molecular formula is C12H20N8O. The van der Waals surface area contributed by atoms with Gasteiger partial charge in [-0.25, -0.2) is 15.8 Å². The Morgan fingerprint density at radius 3 is 2.90 bits per heavy atom. The summed E-state index contributed by atoms with van der Waals surface area (Å²) < 4.78 is 1.67. The molecule has 0 fully saturated rings. The second-order valence-electron chi connectivity index (χ2n) is 4.80. The van der Waals surface area contributed by atoms with Crippen LogP contribution in [0.5, 0.6) is 0 Å². The molecule has 0 aliphatic carbocycles. The zero-order valence-corrected chi connectivity index (χ0v) is 12.4. The lowest BCUT2D eigenvalue weighted by Gasteiger charge is -2.15. The number of carbonyl (C=O) groups is 1. The molecule has 0 saturated heterocycles. The maximum atomic E-state index is 11.2. The van der Waals surface area contributed by atoms with E-state index in [0.717, 1.165) is 5.39 Å². The van der Waals surface area contributed by atoms with Crippen molar-refractivity contribution < 1.29 is 4.79 Å². The Balaban J connectivity index is 2.14. The summed E-state index contributed by atoms with van der Waals surface area (Å²) >= 11 is 0. The van der Waals surface area contributed by atoms with Gasteiger partial charge in [-0.15, -0.1) is 0 Å². The molecule has 0 radical (unpaired) electrons. The van der Waals surface area contributed by atoms with Gasteiger partial charge in [0.05, 0.1) is 18.1 Å². The fraction of sp³-hybridized carbons (Fsp3) is 0.500. The Bertz CT molecular complexity index is 637. The maximum Gasteiger partial charge on any atom is 0.221 e. The molecule has 1 amide bonds. The predicted octanol–water partition coefficient (Wildman–Crippen LogP) is -0.783. The number of hydrogen-bond acceptors (Lipinski definition) is 7. The van der Waals surface area contributed by atoms with Gasteiger partial charge in [0.1, 0.15) is 5.82 Å². The van der Waals surface area contributed by atoms with E-state index in [1.54, 1.807) is 17.9 Å². The smallest absolute Gasteiger partial charge is 0.221 e. The lowest BCUT2D eigenvalue weighted by atomic mass is 10.3. The Kier molecular flexibility index (Phi) is 4.66. The van der Waals surface area contributed by atoms with Crippen molar-refractivity contribution in [1.82, 2.24) is 30.0 Å². The van der Waals surface area contributed by atoms with Crippen LogP contribution in [0.1, 0.15) is 12.2 Å². The van der Waals surface area contributed by atoms with Crippen molar-refractivity contribution in [2.75, 3.05) is 26.1 Å². The number of aryl methyl sites for hydroxylation is 1. The minimum Gasteiger partial charge on any atom is -0.359 e. The van der Waals surface area contributed by atoms with Crippen LogP contribution in [-0.4, -0.2) is 51.2 Å². The summed E-state index contributed by atoms with van der Waals surface area (Å²) in [6.07, 6.45) is 2.10. The van der Waals surface area contributed by atoms with E-state index in [2.05, 4.69) is 25.8 Å². The molecule has 2 rings (SSSR count). The van der Waals surface area contributed by atoms with Crippen molar-refractivity contribution in [1.29, 1.82) is 0 Å². The average molecular weight is 292 g/mol. The standard InChI is InChI=1S/C12H20N8O/c1-14-10(21)4-5-19(2)7-9-16-11(18-13)8-6-15-20(3)12(8)17-9/h6H,4-5,7,13H2,1-3H3,(H,14,21)(H,16,17,18). The van der Waals surface area contributed by atoms with Gasteiger partial charge in [-0.2, -0.15) is 5.10 Å². The monoisotopic (exact) mass is 292 g/mol. The third-order valence-corrected chi connectivity index (χ3v) is 3.19. The number of nitrogens with zero attached hydrogens (tertiary/aromatic N) is 5. The van der Waals surface area contributed by atoms with Crippen LogP contribution in [0.25, 0.3) is 11.0 Å². The first kappa shape index (κ1) is 15.1. The molecule has 0 aromatic carbocycles. The highest BCUT2D eigenvalue weighted by Gasteiger charge is 2.12. The number of anilines is 1. The lowest BCUT2D eigenvalue weighted by molar-refractivity contribution is -0.120. The maximum absolute atomic E-state index is 11.2. The van der Waals surface area contributed by atoms with Gasteiger partial charge < -0.3 is 10.7 Å². The van der Waals surface area contributed by atoms with Crippen molar-refractivity contribution in [3.05, 3.63) is 12.0 Å². The highest BCUT2D eigenvalue weighted by atomic mass is 16.1. The molecule has 0 bridgehead atoms. The lowest BCUT2D eigenvalue weighted by Crippen LogP contribution is -2.27. The third-order valence-electron chi connectivity index (χ3n) is 3.19. The topological polar surface area (TPSA) is 114 Å². The van der Waals surface area contributed by atoms with E-state index >= 15 is 0 Å². The summed E-state index contributed by atoms with van der Waals surface area (Å²) in [7, 11) is 5.35. The Hall–Kier alpha value is -2.26. The van der Waals surface area contributed by atoms with E-state index in [1.807, 2.05) is 19.0 Å². The van der Waals surface area contributed by atoms with Gasteiger partial charge in [0.15, 0.2) is 11.5 Å². The number of fused-ring (bicyclic) bond motifs is 1. The molecule has 0 aliphatic rings. The summed E-state index contributed by atoms with van der Waals surface area (Å²) in [5, 5.41) is 7.52. The summed E-state index contributed by atoms with van der Waals surface area (Å²) in [6.45, 7) is 1.14. The third kappa shape index (κ3) is 3.44. The number of rotatable bonds is 6. The minimum atomic E-state index is 0.00849. The molecule has 0 spiro atoms. The number of hydrogen-bond donors (Lipinski definition) is 3. The van der Waals surface area contributed by atoms with E-state index < -0.39 is 0 Å². The number of carbonyl (C=O) groups excluding carboxylic acids is 1. The Labute approximate surface area is 122 Å². The van der Waals surface area contributed by atoms with Crippen molar-refractivity contribution in [3.8, 4) is 0 Å². The van der Waals surface area contributed by atoms with Crippen LogP contribution in [0.3, 0.4) is 0 Å². The van der Waals surface area contributed by atoms with E-state index in [9.17, 15) is 4.79 Å². The molecule has 0 aliphatic heterocycles. The van der Waals surface area contributed by atoms with Crippen LogP contribution in [-0.2, 0) is 18.4 Å². The van der Waals surface area contributed by atoms with E-state index in [4.69, 9.17) is 5.84 Å². The van der Waals surface area contributed by atoms with Crippen LogP contribution in [0, 0.1) is 0 Å². The molecule has 9 nitrogen and oxygen atoms in total. The zero-order chi connectivity index (χ0) is 15.4. The van der Waals surface area contributed by atoms with Gasteiger partial charge in [-0.1, -0.05) is 0 Å². The largest absolute Gasteiger partial charge is 0.359 e. The fourth-order valence-electron chi connectivity index (χ4n) is 1.99. The first-order valence-electron chi connectivity index (χ1n) is 6.59.